The lowest BCUT2D eigenvalue weighted by Gasteiger charge is -2.27. The smallest absolute Gasteiger partial charge is 0.310 e. The van der Waals surface area contributed by atoms with Gasteiger partial charge in [0.2, 0.25) is 0 Å². The van der Waals surface area contributed by atoms with Gasteiger partial charge >= 0.3 is 4.87 Å². The molecule has 0 bridgehead atoms. The van der Waals surface area contributed by atoms with Crippen molar-refractivity contribution in [1.82, 2.24) is 9.88 Å². The van der Waals surface area contributed by atoms with E-state index in [0.717, 1.165) is 16.9 Å². The van der Waals surface area contributed by atoms with Gasteiger partial charge in [0.1, 0.15) is 18.0 Å². The Morgan fingerprint density at radius 3 is 2.52 bits per heavy atom. The van der Waals surface area contributed by atoms with Gasteiger partial charge in [0, 0.05) is 24.8 Å². The molecular weight excluding hydrogens is 416 g/mol. The van der Waals surface area contributed by atoms with E-state index in [1.165, 1.54) is 4.57 Å². The quantitative estimate of drug-likeness (QED) is 0.551. The van der Waals surface area contributed by atoms with Crippen molar-refractivity contribution < 1.29 is 14.3 Å². The van der Waals surface area contributed by atoms with Crippen LogP contribution in [0.5, 0.6) is 5.75 Å². The van der Waals surface area contributed by atoms with E-state index in [2.05, 4.69) is 5.32 Å². The summed E-state index contributed by atoms with van der Waals surface area (Å²) in [5.41, 5.74) is -0.321. The Bertz CT molecular complexity index is 1170. The first-order chi connectivity index (χ1) is 14.9. The Hall–Kier alpha value is -2.97. The molecule has 0 aliphatic carbocycles. The van der Waals surface area contributed by atoms with Crippen LogP contribution in [0.15, 0.2) is 58.1 Å². The van der Waals surface area contributed by atoms with Crippen molar-refractivity contribution in [2.75, 3.05) is 20.3 Å². The summed E-state index contributed by atoms with van der Waals surface area (Å²) in [4.78, 5) is 36.8. The molecule has 0 radical (unpaired) electrons. The summed E-state index contributed by atoms with van der Waals surface area (Å²) in [6, 6.07) is 14.4. The molecule has 31 heavy (non-hydrogen) atoms. The molecule has 164 valence electrons. The fourth-order valence-corrected chi connectivity index (χ4v) is 4.31. The number of hydrogen-bond donors (Lipinski definition) is 1. The molecule has 0 saturated carbocycles. The molecule has 0 saturated heterocycles. The molecule has 0 fully saturated rings. The van der Waals surface area contributed by atoms with Gasteiger partial charge in [-0.25, -0.2) is 0 Å². The predicted molar refractivity (Wildman–Crippen MR) is 122 cm³/mol. The molecule has 0 aliphatic rings. The molecule has 8 heteroatoms. The number of carbonyl (C=O) groups is 1. The highest BCUT2D eigenvalue weighted by Gasteiger charge is 2.33. The van der Waals surface area contributed by atoms with E-state index in [1.807, 2.05) is 19.1 Å². The average molecular weight is 443 g/mol. The first-order valence-corrected chi connectivity index (χ1v) is 10.9. The van der Waals surface area contributed by atoms with Gasteiger partial charge < -0.3 is 14.8 Å². The van der Waals surface area contributed by atoms with Crippen LogP contribution in [0.25, 0.3) is 10.1 Å². The molecule has 3 aromatic rings. The monoisotopic (exact) mass is 442 g/mol. The van der Waals surface area contributed by atoms with Gasteiger partial charge in [-0.15, -0.1) is 0 Å². The highest BCUT2D eigenvalue weighted by molar-refractivity contribution is 7.16. The second kappa shape index (κ2) is 9.89. The van der Waals surface area contributed by atoms with Crippen molar-refractivity contribution >= 4 is 27.3 Å². The van der Waals surface area contributed by atoms with Crippen LogP contribution in [0.3, 0.4) is 0 Å². The van der Waals surface area contributed by atoms with Gasteiger partial charge in [0.05, 0.1) is 11.9 Å². The summed E-state index contributed by atoms with van der Waals surface area (Å²) < 4.78 is 13.3. The van der Waals surface area contributed by atoms with Gasteiger partial charge in [-0.1, -0.05) is 35.6 Å². The SMILES string of the molecule is CCOC(C)(Cc1ccc(OCCn2c(=O)sc3ccccc3c2=O)cc1)C(=O)NC. The lowest BCUT2D eigenvalue weighted by molar-refractivity contribution is -0.143. The number of nitrogens with zero attached hydrogens (tertiary/aromatic N) is 1. The highest BCUT2D eigenvalue weighted by Crippen LogP contribution is 2.21. The zero-order chi connectivity index (χ0) is 22.4. The Balaban J connectivity index is 1.65. The number of amides is 1. The third kappa shape index (κ3) is 5.21. The second-order valence-electron chi connectivity index (χ2n) is 7.23. The molecule has 1 N–H and O–H groups in total. The minimum absolute atomic E-state index is 0.167. The van der Waals surface area contributed by atoms with Gasteiger partial charge in [0.15, 0.2) is 0 Å². The number of carbonyl (C=O) groups excluding carboxylic acids is 1. The lowest BCUT2D eigenvalue weighted by atomic mass is 9.95. The molecule has 1 aromatic heterocycles. The first kappa shape index (κ1) is 22.7. The Morgan fingerprint density at radius 1 is 1.13 bits per heavy atom. The molecular formula is C23H26N2O5S. The summed E-state index contributed by atoms with van der Waals surface area (Å²) >= 11 is 1.05. The summed E-state index contributed by atoms with van der Waals surface area (Å²) in [6.07, 6.45) is 0.425. The van der Waals surface area contributed by atoms with Crippen LogP contribution >= 0.6 is 11.3 Å². The van der Waals surface area contributed by atoms with Crippen molar-refractivity contribution in [1.29, 1.82) is 0 Å². The standard InChI is InChI=1S/C23H26N2O5S/c1-4-30-23(2,21(27)24-3)15-16-9-11-17(12-10-16)29-14-13-25-20(26)18-7-5-6-8-19(18)31-22(25)28/h5-12H,4,13-15H2,1-3H3,(H,24,27). The third-order valence-electron chi connectivity index (χ3n) is 5.00. The van der Waals surface area contributed by atoms with Crippen molar-refractivity contribution in [3.8, 4) is 5.75 Å². The van der Waals surface area contributed by atoms with E-state index in [9.17, 15) is 14.4 Å². The summed E-state index contributed by atoms with van der Waals surface area (Å²) in [6.45, 7) is 4.41. The minimum Gasteiger partial charge on any atom is -0.492 e. The van der Waals surface area contributed by atoms with E-state index < -0.39 is 5.60 Å². The normalized spacial score (nSPS) is 13.0. The van der Waals surface area contributed by atoms with E-state index >= 15 is 0 Å². The maximum atomic E-state index is 12.6. The van der Waals surface area contributed by atoms with Gasteiger partial charge in [0.25, 0.3) is 11.5 Å². The van der Waals surface area contributed by atoms with Crippen LogP contribution in [0.1, 0.15) is 19.4 Å². The van der Waals surface area contributed by atoms with E-state index in [4.69, 9.17) is 9.47 Å². The molecule has 1 unspecified atom stereocenters. The highest BCUT2D eigenvalue weighted by atomic mass is 32.1. The van der Waals surface area contributed by atoms with E-state index in [1.54, 1.807) is 50.4 Å². The van der Waals surface area contributed by atoms with Crippen LogP contribution in [0, 0.1) is 0 Å². The number of aromatic nitrogens is 1. The van der Waals surface area contributed by atoms with Gasteiger partial charge in [-0.3, -0.25) is 19.0 Å². The molecule has 1 heterocycles. The lowest BCUT2D eigenvalue weighted by Crippen LogP contribution is -2.47. The number of benzene rings is 2. The summed E-state index contributed by atoms with van der Waals surface area (Å²) in [7, 11) is 1.59. The zero-order valence-corrected chi connectivity index (χ0v) is 18.7. The average Bonchev–Trinajstić information content (AvgIpc) is 2.76. The Kier molecular flexibility index (Phi) is 7.25. The second-order valence-corrected chi connectivity index (χ2v) is 8.23. The van der Waals surface area contributed by atoms with Crippen LogP contribution in [-0.2, 0) is 22.5 Å². The zero-order valence-electron chi connectivity index (χ0n) is 17.8. The largest absolute Gasteiger partial charge is 0.492 e. The van der Waals surface area contributed by atoms with Gasteiger partial charge in [-0.2, -0.15) is 0 Å². The Labute approximate surface area is 184 Å². The molecule has 1 amide bonds. The third-order valence-corrected chi connectivity index (χ3v) is 5.97. The molecule has 0 spiro atoms. The van der Waals surface area contributed by atoms with Crippen LogP contribution in [-0.4, -0.2) is 36.3 Å². The maximum absolute atomic E-state index is 12.6. The van der Waals surface area contributed by atoms with Crippen LogP contribution in [0.4, 0.5) is 0 Å². The van der Waals surface area contributed by atoms with Crippen molar-refractivity contribution in [2.45, 2.75) is 32.4 Å². The molecule has 3 rings (SSSR count). The number of rotatable bonds is 9. The summed E-state index contributed by atoms with van der Waals surface area (Å²) in [5.74, 6) is 0.441. The van der Waals surface area contributed by atoms with Crippen LogP contribution in [0.2, 0.25) is 0 Å². The van der Waals surface area contributed by atoms with Crippen LogP contribution < -0.4 is 20.5 Å². The first-order valence-electron chi connectivity index (χ1n) is 10.1. The van der Waals surface area contributed by atoms with Gasteiger partial charge in [-0.05, 0) is 43.7 Å². The number of hydrogen-bond acceptors (Lipinski definition) is 6. The fourth-order valence-electron chi connectivity index (χ4n) is 3.43. The number of nitrogens with one attached hydrogen (secondary N) is 1. The number of ether oxygens (including phenoxy) is 2. The minimum atomic E-state index is -0.950. The fraction of sp³-hybridized carbons (Fsp3) is 0.348. The summed E-state index contributed by atoms with van der Waals surface area (Å²) in [5, 5.41) is 3.18. The maximum Gasteiger partial charge on any atom is 0.310 e. The molecule has 7 nitrogen and oxygen atoms in total. The van der Waals surface area contributed by atoms with E-state index in [0.29, 0.717) is 28.9 Å². The van der Waals surface area contributed by atoms with Crippen molar-refractivity contribution in [3.05, 3.63) is 74.1 Å². The topological polar surface area (TPSA) is 86.6 Å². The van der Waals surface area contributed by atoms with E-state index in [-0.39, 0.29) is 29.5 Å². The molecule has 0 aliphatic heterocycles. The van der Waals surface area contributed by atoms with Crippen molar-refractivity contribution in [2.24, 2.45) is 0 Å². The van der Waals surface area contributed by atoms with Crippen molar-refractivity contribution in [3.63, 3.8) is 0 Å². The predicted octanol–water partition coefficient (Wildman–Crippen LogP) is 2.59. The number of fused-ring (bicyclic) bond motifs is 1. The number of likely N-dealkylation sites (N-methyl/N-ethyl adjacent to an activating group) is 1. The molecule has 1 atom stereocenters. The molecule has 2 aromatic carbocycles. The Morgan fingerprint density at radius 2 is 1.84 bits per heavy atom.